The van der Waals surface area contributed by atoms with Gasteiger partial charge in [-0.3, -0.25) is 9.69 Å². The van der Waals surface area contributed by atoms with Crippen LogP contribution in [0.5, 0.6) is 0 Å². The molecule has 0 amide bonds. The van der Waals surface area contributed by atoms with Gasteiger partial charge in [0.05, 0.1) is 18.1 Å². The highest BCUT2D eigenvalue weighted by Gasteiger charge is 2.65. The van der Waals surface area contributed by atoms with Crippen molar-refractivity contribution in [2.24, 2.45) is 23.2 Å². The van der Waals surface area contributed by atoms with Crippen molar-refractivity contribution in [3.63, 3.8) is 0 Å². The molecule has 196 valence electrons. The van der Waals surface area contributed by atoms with E-state index in [1.807, 2.05) is 60.7 Å². The Balaban J connectivity index is 1.18. The number of aliphatic hydroxyl groups is 1. The van der Waals surface area contributed by atoms with Gasteiger partial charge in [0.1, 0.15) is 11.7 Å². The third-order valence-electron chi connectivity index (χ3n) is 10.8. The van der Waals surface area contributed by atoms with Gasteiger partial charge >= 0.3 is 5.97 Å². The Bertz CT molecular complexity index is 1110. The van der Waals surface area contributed by atoms with Crippen molar-refractivity contribution in [1.29, 1.82) is 0 Å². The standard InChI is InChI=1S/C32H39NO4/c1-30-15-9-16-31(21-36-31)27(30)18-24-25(29(34)37-26(24)19-30)20-33-17-8-14-28(33)32(35,22-10-4-2-5-11-22)23-12-6-3-7-13-23/h2-7,10-13,24-28,35H,8-9,14-21H2,1H3/t24-,25+,26+,27-,28+,30+,31-/m0/s1. The maximum Gasteiger partial charge on any atom is 0.310 e. The van der Waals surface area contributed by atoms with E-state index in [1.165, 1.54) is 19.3 Å². The minimum Gasteiger partial charge on any atom is -0.462 e. The molecule has 3 heterocycles. The second-order valence-corrected chi connectivity index (χ2v) is 12.8. The smallest absolute Gasteiger partial charge is 0.310 e. The summed E-state index contributed by atoms with van der Waals surface area (Å²) in [6.45, 7) is 4.85. The number of epoxide rings is 1. The van der Waals surface area contributed by atoms with Crippen molar-refractivity contribution in [3.8, 4) is 0 Å². The van der Waals surface area contributed by atoms with Crippen LogP contribution < -0.4 is 0 Å². The summed E-state index contributed by atoms with van der Waals surface area (Å²) in [4.78, 5) is 15.8. The van der Waals surface area contributed by atoms with Gasteiger partial charge in [0.15, 0.2) is 0 Å². The Labute approximate surface area is 220 Å². The highest BCUT2D eigenvalue weighted by Crippen LogP contribution is 2.63. The average Bonchev–Trinajstić information content (AvgIpc) is 3.40. The summed E-state index contributed by atoms with van der Waals surface area (Å²) in [7, 11) is 0. The Morgan fingerprint density at radius 2 is 1.70 bits per heavy atom. The Morgan fingerprint density at radius 3 is 2.35 bits per heavy atom. The maximum absolute atomic E-state index is 13.4. The number of hydrogen-bond donors (Lipinski definition) is 1. The zero-order valence-corrected chi connectivity index (χ0v) is 21.9. The highest BCUT2D eigenvalue weighted by molar-refractivity contribution is 5.75. The SMILES string of the molecule is C[C@]12CCC[C@]3(CO3)[C@H]1C[C@@H]1[C@@H](C2)OC(=O)[C@@H]1CN1CCC[C@@H]1C(O)(c1ccccc1)c1ccccc1. The molecule has 5 nitrogen and oxygen atoms in total. The van der Waals surface area contributed by atoms with E-state index in [4.69, 9.17) is 9.47 Å². The van der Waals surface area contributed by atoms with Crippen molar-refractivity contribution in [2.45, 2.75) is 75.2 Å². The number of benzene rings is 2. The summed E-state index contributed by atoms with van der Waals surface area (Å²) >= 11 is 0. The summed E-state index contributed by atoms with van der Waals surface area (Å²) < 4.78 is 12.2. The van der Waals surface area contributed by atoms with Crippen molar-refractivity contribution in [3.05, 3.63) is 71.8 Å². The first kappa shape index (κ1) is 23.9. The summed E-state index contributed by atoms with van der Waals surface area (Å²) in [6.07, 6.45) is 7.52. The summed E-state index contributed by atoms with van der Waals surface area (Å²) in [5, 5.41) is 12.5. The van der Waals surface area contributed by atoms with Crippen LogP contribution in [-0.2, 0) is 19.9 Å². The third kappa shape index (κ3) is 3.72. The van der Waals surface area contributed by atoms with Crippen LogP contribution in [0.2, 0.25) is 0 Å². The van der Waals surface area contributed by atoms with Crippen molar-refractivity contribution >= 4 is 5.97 Å². The van der Waals surface area contributed by atoms with Crippen molar-refractivity contribution in [2.75, 3.05) is 19.7 Å². The van der Waals surface area contributed by atoms with Crippen LogP contribution in [0, 0.1) is 23.2 Å². The van der Waals surface area contributed by atoms with E-state index in [0.717, 1.165) is 50.0 Å². The van der Waals surface area contributed by atoms with Gasteiger partial charge in [-0.05, 0) is 74.0 Å². The minimum absolute atomic E-state index is 0.0239. The van der Waals surface area contributed by atoms with Crippen molar-refractivity contribution in [1.82, 2.24) is 4.90 Å². The lowest BCUT2D eigenvalue weighted by Gasteiger charge is -2.51. The average molecular weight is 502 g/mol. The number of carbonyl (C=O) groups excluding carboxylic acids is 1. The quantitative estimate of drug-likeness (QED) is 0.466. The molecular formula is C32H39NO4. The molecule has 0 unspecified atom stereocenters. The molecular weight excluding hydrogens is 462 g/mol. The van der Waals surface area contributed by atoms with E-state index in [0.29, 0.717) is 12.5 Å². The molecule has 5 fully saturated rings. The molecule has 7 atom stereocenters. The highest BCUT2D eigenvalue weighted by atomic mass is 16.6. The van der Waals surface area contributed by atoms with E-state index in [2.05, 4.69) is 11.8 Å². The van der Waals surface area contributed by atoms with Gasteiger partial charge in [-0.1, -0.05) is 67.6 Å². The molecule has 0 radical (unpaired) electrons. The van der Waals surface area contributed by atoms with Crippen LogP contribution in [0.15, 0.2) is 60.7 Å². The lowest BCUT2D eigenvalue weighted by atomic mass is 9.53. The molecule has 5 aliphatic rings. The van der Waals surface area contributed by atoms with Gasteiger partial charge < -0.3 is 14.6 Å². The van der Waals surface area contributed by atoms with Gasteiger partial charge in [-0.15, -0.1) is 0 Å². The molecule has 0 bridgehead atoms. The predicted octanol–water partition coefficient (Wildman–Crippen LogP) is 4.91. The molecule has 2 aliphatic carbocycles. The molecule has 1 spiro atoms. The van der Waals surface area contributed by atoms with Gasteiger partial charge in [0, 0.05) is 18.5 Å². The fourth-order valence-electron chi connectivity index (χ4n) is 8.87. The number of rotatable bonds is 5. The number of esters is 1. The Kier molecular flexibility index (Phi) is 5.58. The Hall–Kier alpha value is -2.21. The second kappa shape index (κ2) is 8.65. The van der Waals surface area contributed by atoms with Crippen LogP contribution >= 0.6 is 0 Å². The lowest BCUT2D eigenvalue weighted by molar-refractivity contribution is -0.147. The maximum atomic E-state index is 13.4. The minimum atomic E-state index is -1.14. The zero-order valence-electron chi connectivity index (χ0n) is 21.9. The fourth-order valence-corrected chi connectivity index (χ4v) is 8.87. The van der Waals surface area contributed by atoms with E-state index in [9.17, 15) is 9.90 Å². The monoisotopic (exact) mass is 501 g/mol. The number of hydrogen-bond acceptors (Lipinski definition) is 5. The van der Waals surface area contributed by atoms with Gasteiger partial charge in [0.2, 0.25) is 0 Å². The predicted molar refractivity (Wildman–Crippen MR) is 141 cm³/mol. The van der Waals surface area contributed by atoms with Crippen LogP contribution in [0.25, 0.3) is 0 Å². The number of nitrogens with zero attached hydrogens (tertiary/aromatic N) is 1. The molecule has 37 heavy (non-hydrogen) atoms. The Morgan fingerprint density at radius 1 is 1.03 bits per heavy atom. The number of carbonyl (C=O) groups is 1. The summed E-state index contributed by atoms with van der Waals surface area (Å²) in [6, 6.07) is 20.0. The molecule has 2 aromatic carbocycles. The third-order valence-corrected chi connectivity index (χ3v) is 10.8. The molecule has 7 rings (SSSR count). The summed E-state index contributed by atoms with van der Waals surface area (Å²) in [5.74, 6) is 0.597. The molecule has 1 N–H and O–H groups in total. The fraction of sp³-hybridized carbons (Fsp3) is 0.594. The van der Waals surface area contributed by atoms with Crippen LogP contribution in [0.3, 0.4) is 0 Å². The molecule has 5 heteroatoms. The van der Waals surface area contributed by atoms with E-state index >= 15 is 0 Å². The normalized spacial score (nSPS) is 39.3. The molecule has 2 saturated carbocycles. The van der Waals surface area contributed by atoms with Crippen molar-refractivity contribution < 1.29 is 19.4 Å². The first-order valence-corrected chi connectivity index (χ1v) is 14.3. The first-order valence-electron chi connectivity index (χ1n) is 14.3. The van der Waals surface area contributed by atoms with Crippen LogP contribution in [-0.4, -0.2) is 53.4 Å². The van der Waals surface area contributed by atoms with Gasteiger partial charge in [-0.2, -0.15) is 0 Å². The molecule has 2 aromatic rings. The van der Waals surface area contributed by atoms with E-state index in [-0.39, 0.29) is 41.0 Å². The summed E-state index contributed by atoms with van der Waals surface area (Å²) in [5.41, 5.74) is 0.955. The molecule has 0 aromatic heterocycles. The lowest BCUT2D eigenvalue weighted by Crippen LogP contribution is -2.53. The molecule has 3 aliphatic heterocycles. The zero-order chi connectivity index (χ0) is 25.3. The van der Waals surface area contributed by atoms with E-state index in [1.54, 1.807) is 0 Å². The largest absolute Gasteiger partial charge is 0.462 e. The van der Waals surface area contributed by atoms with Gasteiger partial charge in [-0.25, -0.2) is 0 Å². The van der Waals surface area contributed by atoms with E-state index < -0.39 is 5.60 Å². The molecule has 3 saturated heterocycles. The number of likely N-dealkylation sites (tertiary alicyclic amines) is 1. The second-order valence-electron chi connectivity index (χ2n) is 12.8. The number of fused-ring (bicyclic) bond motifs is 3. The van der Waals surface area contributed by atoms with Crippen LogP contribution in [0.4, 0.5) is 0 Å². The van der Waals surface area contributed by atoms with Gasteiger partial charge in [0.25, 0.3) is 0 Å². The van der Waals surface area contributed by atoms with Crippen LogP contribution in [0.1, 0.15) is 63.0 Å². The topological polar surface area (TPSA) is 62.3 Å². The number of ether oxygens (including phenoxy) is 2. The first-order chi connectivity index (χ1) is 17.9.